The van der Waals surface area contributed by atoms with Gasteiger partial charge in [-0.3, -0.25) is 9.10 Å². The number of carbonyl (C=O) groups excluding carboxylic acids is 1. The van der Waals surface area contributed by atoms with Crippen LogP contribution in [-0.4, -0.2) is 26.6 Å². The van der Waals surface area contributed by atoms with Gasteiger partial charge in [-0.05, 0) is 54.8 Å². The van der Waals surface area contributed by atoms with E-state index in [1.165, 1.54) is 23.5 Å². The van der Waals surface area contributed by atoms with Crippen LogP contribution in [0, 0.1) is 0 Å². The average molecular weight is 448 g/mol. The highest BCUT2D eigenvalue weighted by Crippen LogP contribution is 2.25. The van der Waals surface area contributed by atoms with Crippen molar-refractivity contribution in [1.82, 2.24) is 5.43 Å². The zero-order valence-electron chi connectivity index (χ0n) is 15.4. The predicted molar refractivity (Wildman–Crippen MR) is 117 cm³/mol. The summed E-state index contributed by atoms with van der Waals surface area (Å²) in [6.45, 7) is 1.34. The van der Waals surface area contributed by atoms with E-state index >= 15 is 0 Å². The van der Waals surface area contributed by atoms with E-state index in [-0.39, 0.29) is 4.90 Å². The van der Waals surface area contributed by atoms with Gasteiger partial charge in [-0.1, -0.05) is 35.9 Å². The molecule has 9 heteroatoms. The largest absolute Gasteiger partial charge is 0.271 e. The number of thiophene rings is 1. The minimum atomic E-state index is -3.96. The molecule has 6 nitrogen and oxygen atoms in total. The first-order valence-corrected chi connectivity index (χ1v) is 11.3. The van der Waals surface area contributed by atoms with Gasteiger partial charge in [-0.2, -0.15) is 5.10 Å². The Hall–Kier alpha value is -2.68. The highest BCUT2D eigenvalue weighted by molar-refractivity contribution is 7.92. The molecule has 0 saturated heterocycles. The lowest BCUT2D eigenvalue weighted by Gasteiger charge is -2.23. The van der Waals surface area contributed by atoms with Crippen molar-refractivity contribution in [3.63, 3.8) is 0 Å². The van der Waals surface area contributed by atoms with Gasteiger partial charge in [0.15, 0.2) is 0 Å². The summed E-state index contributed by atoms with van der Waals surface area (Å²) < 4.78 is 27.3. The summed E-state index contributed by atoms with van der Waals surface area (Å²) in [5.74, 6) is -0.560. The van der Waals surface area contributed by atoms with Gasteiger partial charge >= 0.3 is 0 Å². The Morgan fingerprint density at radius 2 is 1.76 bits per heavy atom. The molecule has 1 aromatic heterocycles. The Kier molecular flexibility index (Phi) is 6.68. The SMILES string of the molecule is C/C(=N/NC(=O)CN(c1ccc(Cl)cc1)S(=O)(=O)c1ccccc1)c1cccs1. The first-order valence-electron chi connectivity index (χ1n) is 8.58. The summed E-state index contributed by atoms with van der Waals surface area (Å²) in [5.41, 5.74) is 3.39. The zero-order valence-corrected chi connectivity index (χ0v) is 17.8. The first-order chi connectivity index (χ1) is 13.9. The Labute approximate surface area is 178 Å². The molecular formula is C20H18ClN3O3S2. The lowest BCUT2D eigenvalue weighted by Crippen LogP contribution is -2.39. The molecule has 150 valence electrons. The normalized spacial score (nSPS) is 11.9. The molecule has 1 heterocycles. The molecule has 0 fully saturated rings. The molecule has 1 N–H and O–H groups in total. The highest BCUT2D eigenvalue weighted by Gasteiger charge is 2.27. The van der Waals surface area contributed by atoms with Gasteiger partial charge in [0.2, 0.25) is 0 Å². The first kappa shape index (κ1) is 21.0. The second-order valence-electron chi connectivity index (χ2n) is 6.01. The number of halogens is 1. The summed E-state index contributed by atoms with van der Waals surface area (Å²) in [6, 6.07) is 18.0. The van der Waals surface area contributed by atoms with E-state index in [0.717, 1.165) is 9.18 Å². The highest BCUT2D eigenvalue weighted by atomic mass is 35.5. The molecule has 3 rings (SSSR count). The van der Waals surface area contributed by atoms with Gasteiger partial charge < -0.3 is 0 Å². The predicted octanol–water partition coefficient (Wildman–Crippen LogP) is 4.14. The number of sulfonamides is 1. The number of hydrogen-bond donors (Lipinski definition) is 1. The van der Waals surface area contributed by atoms with E-state index in [1.807, 2.05) is 17.5 Å². The number of hydrazone groups is 1. The van der Waals surface area contributed by atoms with Crippen LogP contribution in [0.25, 0.3) is 0 Å². The Balaban J connectivity index is 1.86. The molecule has 0 aliphatic heterocycles. The molecule has 0 spiro atoms. The van der Waals surface area contributed by atoms with Gasteiger partial charge in [-0.15, -0.1) is 11.3 Å². The molecule has 1 amide bonds. The van der Waals surface area contributed by atoms with Gasteiger partial charge in [-0.25, -0.2) is 13.8 Å². The maximum Gasteiger partial charge on any atom is 0.264 e. The third-order valence-corrected chi connectivity index (χ3v) is 6.98. The number of nitrogens with zero attached hydrogens (tertiary/aromatic N) is 2. The molecule has 2 aromatic carbocycles. The topological polar surface area (TPSA) is 78.8 Å². The minimum absolute atomic E-state index is 0.0843. The molecule has 0 radical (unpaired) electrons. The fourth-order valence-electron chi connectivity index (χ4n) is 2.49. The Morgan fingerprint density at radius 3 is 2.38 bits per heavy atom. The number of amides is 1. The van der Waals surface area contributed by atoms with Crippen LogP contribution in [-0.2, 0) is 14.8 Å². The van der Waals surface area contributed by atoms with Crippen LogP contribution in [0.15, 0.2) is 82.1 Å². The lowest BCUT2D eigenvalue weighted by molar-refractivity contribution is -0.119. The van der Waals surface area contributed by atoms with Crippen LogP contribution >= 0.6 is 22.9 Å². The fraction of sp³-hybridized carbons (Fsp3) is 0.100. The van der Waals surface area contributed by atoms with Crippen LogP contribution < -0.4 is 9.73 Å². The molecule has 3 aromatic rings. The molecule has 0 unspecified atom stereocenters. The minimum Gasteiger partial charge on any atom is -0.271 e. The maximum absolute atomic E-state index is 13.2. The van der Waals surface area contributed by atoms with Crippen molar-refractivity contribution in [3.8, 4) is 0 Å². The van der Waals surface area contributed by atoms with Gasteiger partial charge in [0, 0.05) is 9.90 Å². The summed E-state index contributed by atoms with van der Waals surface area (Å²) >= 11 is 7.42. The molecule has 0 atom stereocenters. The number of anilines is 1. The third kappa shape index (κ3) is 5.23. The average Bonchev–Trinajstić information content (AvgIpc) is 3.26. The van der Waals surface area contributed by atoms with Crippen LogP contribution in [0.4, 0.5) is 5.69 Å². The van der Waals surface area contributed by atoms with Crippen molar-refractivity contribution >= 4 is 50.3 Å². The van der Waals surface area contributed by atoms with Gasteiger partial charge in [0.1, 0.15) is 6.54 Å². The molecule has 0 aliphatic rings. The number of nitrogens with one attached hydrogen (secondary N) is 1. The van der Waals surface area contributed by atoms with E-state index < -0.39 is 22.5 Å². The number of carbonyl (C=O) groups is 1. The molecular weight excluding hydrogens is 430 g/mol. The van der Waals surface area contributed by atoms with E-state index in [2.05, 4.69) is 10.5 Å². The molecule has 0 aliphatic carbocycles. The maximum atomic E-state index is 13.2. The van der Waals surface area contributed by atoms with Crippen LogP contribution in [0.2, 0.25) is 5.02 Å². The molecule has 0 bridgehead atoms. The Bertz CT molecular complexity index is 1100. The van der Waals surface area contributed by atoms with Crippen LogP contribution in [0.5, 0.6) is 0 Å². The number of rotatable bonds is 7. The van der Waals surface area contributed by atoms with E-state index in [0.29, 0.717) is 16.4 Å². The second-order valence-corrected chi connectivity index (χ2v) is 9.26. The summed E-state index contributed by atoms with van der Waals surface area (Å²) in [6.07, 6.45) is 0. The van der Waals surface area contributed by atoms with Crippen molar-refractivity contribution in [2.24, 2.45) is 5.10 Å². The fourth-order valence-corrected chi connectivity index (χ4v) is 4.74. The van der Waals surface area contributed by atoms with E-state index in [4.69, 9.17) is 11.6 Å². The molecule has 29 heavy (non-hydrogen) atoms. The standard InChI is InChI=1S/C20H18ClN3O3S2/c1-15(19-8-5-13-28-19)22-23-20(25)14-24(17-11-9-16(21)10-12-17)29(26,27)18-6-3-2-4-7-18/h2-13H,14H2,1H3,(H,23,25)/b22-15-. The quantitative estimate of drug-likeness (QED) is 0.436. The molecule has 0 saturated carbocycles. The smallest absolute Gasteiger partial charge is 0.264 e. The lowest BCUT2D eigenvalue weighted by atomic mass is 10.3. The second kappa shape index (κ2) is 9.21. The van der Waals surface area contributed by atoms with Crippen molar-refractivity contribution in [2.45, 2.75) is 11.8 Å². The third-order valence-electron chi connectivity index (χ3n) is 3.96. The Morgan fingerprint density at radius 1 is 1.07 bits per heavy atom. The summed E-state index contributed by atoms with van der Waals surface area (Å²) in [7, 11) is -3.96. The van der Waals surface area contributed by atoms with Crippen LogP contribution in [0.1, 0.15) is 11.8 Å². The van der Waals surface area contributed by atoms with Crippen molar-refractivity contribution in [1.29, 1.82) is 0 Å². The zero-order chi connectivity index (χ0) is 20.9. The number of hydrogen-bond acceptors (Lipinski definition) is 5. The van der Waals surface area contributed by atoms with Crippen molar-refractivity contribution in [2.75, 3.05) is 10.8 Å². The van der Waals surface area contributed by atoms with Crippen molar-refractivity contribution < 1.29 is 13.2 Å². The number of benzene rings is 2. The van der Waals surface area contributed by atoms with E-state index in [9.17, 15) is 13.2 Å². The van der Waals surface area contributed by atoms with Gasteiger partial charge in [0.05, 0.1) is 16.3 Å². The van der Waals surface area contributed by atoms with E-state index in [1.54, 1.807) is 49.4 Å². The van der Waals surface area contributed by atoms with Gasteiger partial charge in [0.25, 0.3) is 15.9 Å². The summed E-state index contributed by atoms with van der Waals surface area (Å²) in [4.78, 5) is 13.5. The van der Waals surface area contributed by atoms with Crippen LogP contribution in [0.3, 0.4) is 0 Å². The monoisotopic (exact) mass is 447 g/mol. The van der Waals surface area contributed by atoms with Crippen molar-refractivity contribution in [3.05, 3.63) is 82.0 Å². The summed E-state index contributed by atoms with van der Waals surface area (Å²) in [5, 5.41) is 6.44.